The largest absolute Gasteiger partial charge is 0.474 e. The van der Waals surface area contributed by atoms with E-state index in [1.54, 1.807) is 7.05 Å². The van der Waals surface area contributed by atoms with E-state index >= 15 is 0 Å². The predicted molar refractivity (Wildman–Crippen MR) is 104 cm³/mol. The van der Waals surface area contributed by atoms with Crippen molar-refractivity contribution < 1.29 is 4.74 Å². The van der Waals surface area contributed by atoms with Gasteiger partial charge in [-0.2, -0.15) is 0 Å². The molecule has 0 unspecified atom stereocenters. The van der Waals surface area contributed by atoms with Crippen LogP contribution in [0.25, 0.3) is 0 Å². The third-order valence-electron chi connectivity index (χ3n) is 4.24. The number of halogens is 1. The quantitative estimate of drug-likeness (QED) is 0.428. The van der Waals surface area contributed by atoms with Crippen molar-refractivity contribution in [1.29, 1.82) is 0 Å². The van der Waals surface area contributed by atoms with Crippen LogP contribution in [0.2, 0.25) is 0 Å². The maximum Gasteiger partial charge on any atom is 0.213 e. The lowest BCUT2D eigenvalue weighted by Gasteiger charge is -2.22. The van der Waals surface area contributed by atoms with E-state index in [1.807, 2.05) is 12.3 Å². The number of hydrogen-bond donors (Lipinski definition) is 2. The van der Waals surface area contributed by atoms with E-state index in [-0.39, 0.29) is 24.0 Å². The number of hydrogen-bond acceptors (Lipinski definition) is 3. The number of guanidine groups is 1. The number of rotatable bonds is 5. The maximum absolute atomic E-state index is 5.95. The van der Waals surface area contributed by atoms with Crippen LogP contribution in [0, 0.1) is 0 Å². The van der Waals surface area contributed by atoms with Gasteiger partial charge in [-0.05, 0) is 44.1 Å². The van der Waals surface area contributed by atoms with Crippen LogP contribution in [-0.4, -0.2) is 30.1 Å². The molecule has 2 aliphatic rings. The summed E-state index contributed by atoms with van der Waals surface area (Å²) in [4.78, 5) is 8.65. The summed E-state index contributed by atoms with van der Waals surface area (Å²) >= 11 is 0. The minimum Gasteiger partial charge on any atom is -0.474 e. The zero-order valence-electron chi connectivity index (χ0n) is 13.8. The molecule has 128 valence electrons. The fraction of sp³-hybridized carbons (Fsp3) is 0.647. The van der Waals surface area contributed by atoms with Crippen molar-refractivity contribution in [2.75, 3.05) is 7.05 Å². The van der Waals surface area contributed by atoms with Gasteiger partial charge in [0.25, 0.3) is 0 Å². The first-order valence-electron chi connectivity index (χ1n) is 8.42. The molecule has 0 aliphatic heterocycles. The second-order valence-electron chi connectivity index (χ2n) is 6.23. The molecule has 6 heteroatoms. The lowest BCUT2D eigenvalue weighted by molar-refractivity contribution is 0.148. The Morgan fingerprint density at radius 1 is 1.22 bits per heavy atom. The summed E-state index contributed by atoms with van der Waals surface area (Å²) in [5.41, 5.74) is 1.13. The van der Waals surface area contributed by atoms with E-state index in [0.29, 0.717) is 12.1 Å². The van der Waals surface area contributed by atoms with Crippen LogP contribution >= 0.6 is 24.0 Å². The van der Waals surface area contributed by atoms with E-state index in [0.717, 1.165) is 36.8 Å². The third kappa shape index (κ3) is 6.16. The number of ether oxygens (including phenoxy) is 1. The number of pyridine rings is 1. The van der Waals surface area contributed by atoms with Crippen LogP contribution in [0.1, 0.15) is 50.5 Å². The average Bonchev–Trinajstić information content (AvgIpc) is 3.38. The van der Waals surface area contributed by atoms with Crippen molar-refractivity contribution in [1.82, 2.24) is 15.6 Å². The Hall–Kier alpha value is -1.05. The van der Waals surface area contributed by atoms with E-state index < -0.39 is 0 Å². The van der Waals surface area contributed by atoms with Gasteiger partial charge < -0.3 is 15.4 Å². The molecule has 1 aromatic rings. The van der Waals surface area contributed by atoms with Gasteiger partial charge in [-0.1, -0.05) is 12.5 Å². The summed E-state index contributed by atoms with van der Waals surface area (Å²) in [5, 5.41) is 6.69. The fourth-order valence-corrected chi connectivity index (χ4v) is 2.74. The van der Waals surface area contributed by atoms with Gasteiger partial charge in [-0.25, -0.2) is 4.98 Å². The second-order valence-corrected chi connectivity index (χ2v) is 6.23. The lowest BCUT2D eigenvalue weighted by Crippen LogP contribution is -2.38. The second kappa shape index (κ2) is 9.30. The molecule has 0 atom stereocenters. The first-order chi connectivity index (χ1) is 10.8. The molecule has 2 saturated carbocycles. The van der Waals surface area contributed by atoms with Crippen LogP contribution in [0.5, 0.6) is 5.88 Å². The zero-order chi connectivity index (χ0) is 15.2. The van der Waals surface area contributed by atoms with Crippen molar-refractivity contribution in [3.63, 3.8) is 0 Å². The zero-order valence-corrected chi connectivity index (χ0v) is 16.1. The Balaban J connectivity index is 0.00000192. The highest BCUT2D eigenvalue weighted by atomic mass is 127. The molecule has 3 rings (SSSR count). The molecular formula is C17H27IN4O. The molecule has 0 amide bonds. The Morgan fingerprint density at radius 2 is 2.00 bits per heavy atom. The Bertz CT molecular complexity index is 496. The van der Waals surface area contributed by atoms with Crippen LogP contribution in [0.15, 0.2) is 23.3 Å². The highest BCUT2D eigenvalue weighted by Gasteiger charge is 2.22. The van der Waals surface area contributed by atoms with Gasteiger partial charge in [0.05, 0.1) is 0 Å². The molecule has 0 saturated heterocycles. The van der Waals surface area contributed by atoms with Gasteiger partial charge in [0.15, 0.2) is 5.96 Å². The van der Waals surface area contributed by atoms with Gasteiger partial charge in [0, 0.05) is 31.9 Å². The molecule has 1 heterocycles. The fourth-order valence-electron chi connectivity index (χ4n) is 2.74. The molecule has 0 aromatic carbocycles. The van der Waals surface area contributed by atoms with Gasteiger partial charge in [-0.15, -0.1) is 24.0 Å². The minimum absolute atomic E-state index is 0. The van der Waals surface area contributed by atoms with Gasteiger partial charge >= 0.3 is 0 Å². The van der Waals surface area contributed by atoms with Crippen molar-refractivity contribution in [3.8, 4) is 5.88 Å². The molecule has 0 spiro atoms. The summed E-state index contributed by atoms with van der Waals surface area (Å²) in [7, 11) is 1.80. The number of nitrogens with zero attached hydrogens (tertiary/aromatic N) is 2. The van der Waals surface area contributed by atoms with E-state index in [4.69, 9.17) is 4.74 Å². The van der Waals surface area contributed by atoms with Gasteiger partial charge in [0.2, 0.25) is 5.88 Å². The van der Waals surface area contributed by atoms with E-state index in [2.05, 4.69) is 26.7 Å². The molecule has 23 heavy (non-hydrogen) atoms. The topological polar surface area (TPSA) is 58.5 Å². The Kier molecular flexibility index (Phi) is 7.39. The number of nitrogens with one attached hydrogen (secondary N) is 2. The Morgan fingerprint density at radius 3 is 2.61 bits per heavy atom. The van der Waals surface area contributed by atoms with Crippen LogP contribution in [0.3, 0.4) is 0 Å². The Labute approximate surface area is 155 Å². The maximum atomic E-state index is 5.95. The molecule has 1 aromatic heterocycles. The van der Waals surface area contributed by atoms with Gasteiger partial charge in [0.1, 0.15) is 6.10 Å². The molecule has 2 fully saturated rings. The van der Waals surface area contributed by atoms with Crippen LogP contribution < -0.4 is 15.4 Å². The first-order valence-corrected chi connectivity index (χ1v) is 8.42. The SMILES string of the molecule is CN=C(NCc1ccc(OC2CCCCC2)nc1)NC1CC1.I. The highest BCUT2D eigenvalue weighted by molar-refractivity contribution is 14.0. The van der Waals surface area contributed by atoms with E-state index in [1.165, 1.54) is 32.1 Å². The van der Waals surface area contributed by atoms with Crippen molar-refractivity contribution in [2.45, 2.75) is 63.6 Å². The van der Waals surface area contributed by atoms with Gasteiger partial charge in [-0.3, -0.25) is 4.99 Å². The average molecular weight is 430 g/mol. The normalized spacial score (nSPS) is 18.9. The molecule has 2 N–H and O–H groups in total. The first kappa shape index (κ1) is 18.3. The van der Waals surface area contributed by atoms with Crippen LogP contribution in [-0.2, 0) is 6.54 Å². The summed E-state index contributed by atoms with van der Waals surface area (Å²) in [6.45, 7) is 0.725. The summed E-state index contributed by atoms with van der Waals surface area (Å²) in [6.07, 6.45) is 10.9. The molecular weight excluding hydrogens is 403 g/mol. The predicted octanol–water partition coefficient (Wildman–Crippen LogP) is 3.24. The van der Waals surface area contributed by atoms with Crippen molar-refractivity contribution in [2.24, 2.45) is 4.99 Å². The number of aromatic nitrogens is 1. The molecule has 0 radical (unpaired) electrons. The summed E-state index contributed by atoms with van der Waals surface area (Å²) in [6, 6.07) is 4.65. The summed E-state index contributed by atoms with van der Waals surface area (Å²) in [5.74, 6) is 1.61. The smallest absolute Gasteiger partial charge is 0.213 e. The monoisotopic (exact) mass is 430 g/mol. The number of aliphatic imine (C=N–C) groups is 1. The van der Waals surface area contributed by atoms with Crippen molar-refractivity contribution in [3.05, 3.63) is 23.9 Å². The summed E-state index contributed by atoms with van der Waals surface area (Å²) < 4.78 is 5.95. The lowest BCUT2D eigenvalue weighted by atomic mass is 9.98. The van der Waals surface area contributed by atoms with Crippen LogP contribution in [0.4, 0.5) is 0 Å². The molecule has 5 nitrogen and oxygen atoms in total. The molecule has 0 bridgehead atoms. The standard InChI is InChI=1S/C17H26N4O.HI/c1-18-17(21-14-8-9-14)20-12-13-7-10-16(19-11-13)22-15-5-3-2-4-6-15;/h7,10-11,14-15H,2-6,8-9,12H2,1H3,(H2,18,20,21);1H. The highest BCUT2D eigenvalue weighted by Crippen LogP contribution is 2.22. The third-order valence-corrected chi connectivity index (χ3v) is 4.24. The minimum atomic E-state index is 0. The van der Waals surface area contributed by atoms with E-state index in [9.17, 15) is 0 Å². The molecule has 2 aliphatic carbocycles. The van der Waals surface area contributed by atoms with Crippen molar-refractivity contribution >= 4 is 29.9 Å².